The molecule has 13 heavy (non-hydrogen) atoms. The molecule has 4 heteroatoms. The van der Waals surface area contributed by atoms with E-state index in [-0.39, 0.29) is 5.91 Å². The molecule has 0 aromatic carbocycles. The van der Waals surface area contributed by atoms with Crippen molar-refractivity contribution in [1.29, 1.82) is 0 Å². The minimum atomic E-state index is 0.0642. The Morgan fingerprint density at radius 1 is 1.38 bits per heavy atom. The highest BCUT2D eigenvalue weighted by Crippen LogP contribution is 2.22. The number of nitrogens with one attached hydrogen (secondary N) is 2. The first-order chi connectivity index (χ1) is 6.16. The summed E-state index contributed by atoms with van der Waals surface area (Å²) in [6, 6.07) is 0. The molecule has 0 bridgehead atoms. The maximum Gasteiger partial charge on any atom is 0.225 e. The minimum Gasteiger partial charge on any atom is -0.344 e. The van der Waals surface area contributed by atoms with Crippen LogP contribution in [0.2, 0.25) is 0 Å². The number of fused-ring (bicyclic) bond motifs is 1. The highest BCUT2D eigenvalue weighted by atomic mass is 16.1. The van der Waals surface area contributed by atoms with E-state index in [0.717, 1.165) is 23.8 Å². The Kier molecular flexibility index (Phi) is 1.83. The highest BCUT2D eigenvalue weighted by Gasteiger charge is 2.19. The highest BCUT2D eigenvalue weighted by molar-refractivity contribution is 5.92. The van der Waals surface area contributed by atoms with Gasteiger partial charge in [0.05, 0.1) is 5.69 Å². The quantitative estimate of drug-likeness (QED) is 0.685. The van der Waals surface area contributed by atoms with E-state index in [0.29, 0.717) is 12.3 Å². The Bertz CT molecular complexity index is 341. The van der Waals surface area contributed by atoms with Crippen molar-refractivity contribution in [3.8, 4) is 0 Å². The zero-order chi connectivity index (χ0) is 9.42. The summed E-state index contributed by atoms with van der Waals surface area (Å²) in [7, 11) is 0. The summed E-state index contributed by atoms with van der Waals surface area (Å²) in [4.78, 5) is 18.6. The van der Waals surface area contributed by atoms with Crippen molar-refractivity contribution in [3.05, 3.63) is 11.5 Å². The summed E-state index contributed by atoms with van der Waals surface area (Å²) < 4.78 is 0. The van der Waals surface area contributed by atoms with Crippen LogP contribution >= 0.6 is 0 Å². The second-order valence-electron chi connectivity index (χ2n) is 3.65. The van der Waals surface area contributed by atoms with E-state index in [1.807, 2.05) is 0 Å². The van der Waals surface area contributed by atoms with Crippen LogP contribution in [0.15, 0.2) is 0 Å². The molecule has 0 fully saturated rings. The van der Waals surface area contributed by atoms with Crippen LogP contribution in [0.5, 0.6) is 0 Å². The second-order valence-corrected chi connectivity index (χ2v) is 3.65. The van der Waals surface area contributed by atoms with Gasteiger partial charge in [0.15, 0.2) is 5.82 Å². The van der Waals surface area contributed by atoms with Gasteiger partial charge in [-0.1, -0.05) is 13.8 Å². The Balaban J connectivity index is 2.33. The van der Waals surface area contributed by atoms with Crippen molar-refractivity contribution in [3.63, 3.8) is 0 Å². The maximum atomic E-state index is 11.0. The molecule has 1 aliphatic heterocycles. The van der Waals surface area contributed by atoms with Gasteiger partial charge in [-0.2, -0.15) is 0 Å². The first-order valence-electron chi connectivity index (χ1n) is 4.55. The molecule has 4 nitrogen and oxygen atoms in total. The summed E-state index contributed by atoms with van der Waals surface area (Å²) in [5.41, 5.74) is 1.06. The predicted molar refractivity (Wildman–Crippen MR) is 49.6 cm³/mol. The molecule has 70 valence electrons. The number of nitrogens with zero attached hydrogens (tertiary/aromatic N) is 1. The largest absolute Gasteiger partial charge is 0.344 e. The van der Waals surface area contributed by atoms with E-state index in [1.165, 1.54) is 0 Å². The Morgan fingerprint density at radius 2 is 2.15 bits per heavy atom. The Hall–Kier alpha value is -1.32. The number of carbonyl (C=O) groups is 1. The normalized spacial score (nSPS) is 15.8. The molecule has 2 N–H and O–H groups in total. The molecule has 1 aromatic rings. The van der Waals surface area contributed by atoms with Gasteiger partial charge in [0.1, 0.15) is 5.82 Å². The third-order valence-corrected chi connectivity index (χ3v) is 2.20. The van der Waals surface area contributed by atoms with E-state index < -0.39 is 0 Å². The molecule has 2 heterocycles. The number of anilines is 1. The molecule has 2 rings (SSSR count). The molecular weight excluding hydrogens is 166 g/mol. The van der Waals surface area contributed by atoms with Gasteiger partial charge in [-0.05, 0) is 6.42 Å². The lowest BCUT2D eigenvalue weighted by Gasteiger charge is -2.09. The van der Waals surface area contributed by atoms with Gasteiger partial charge < -0.3 is 10.3 Å². The topological polar surface area (TPSA) is 57.8 Å². The van der Waals surface area contributed by atoms with Crippen LogP contribution in [0.25, 0.3) is 0 Å². The maximum absolute atomic E-state index is 11.0. The fraction of sp³-hybridized carbons (Fsp3) is 0.556. The van der Waals surface area contributed by atoms with Crippen LogP contribution in [0, 0.1) is 0 Å². The molecule has 1 aliphatic rings. The van der Waals surface area contributed by atoms with Gasteiger partial charge in [0.25, 0.3) is 0 Å². The number of hydrogen-bond acceptors (Lipinski definition) is 2. The molecule has 0 unspecified atom stereocenters. The molecule has 0 aliphatic carbocycles. The summed E-state index contributed by atoms with van der Waals surface area (Å²) in [6.07, 6.45) is 1.34. The standard InChI is InChI=1S/C9H13N3O/c1-5(2)8-10-6-3-4-7(13)11-9(6)12-8/h5H,3-4H2,1-2H3,(H,10,12)(H,11,13). The summed E-state index contributed by atoms with van der Waals surface area (Å²) in [5.74, 6) is 2.11. The third kappa shape index (κ3) is 1.43. The first-order valence-corrected chi connectivity index (χ1v) is 4.55. The second kappa shape index (κ2) is 2.87. The van der Waals surface area contributed by atoms with E-state index in [1.54, 1.807) is 0 Å². The lowest BCUT2D eigenvalue weighted by molar-refractivity contribution is -0.116. The molecule has 0 saturated carbocycles. The number of carbonyl (C=O) groups excluding carboxylic acids is 1. The smallest absolute Gasteiger partial charge is 0.225 e. The third-order valence-electron chi connectivity index (χ3n) is 2.20. The zero-order valence-electron chi connectivity index (χ0n) is 7.85. The molecule has 0 radical (unpaired) electrons. The lowest BCUT2D eigenvalue weighted by atomic mass is 10.2. The summed E-state index contributed by atoms with van der Waals surface area (Å²) >= 11 is 0. The fourth-order valence-electron chi connectivity index (χ4n) is 1.42. The number of hydrogen-bond donors (Lipinski definition) is 2. The Morgan fingerprint density at radius 3 is 2.85 bits per heavy atom. The number of amides is 1. The van der Waals surface area contributed by atoms with Gasteiger partial charge >= 0.3 is 0 Å². The van der Waals surface area contributed by atoms with E-state index in [2.05, 4.69) is 29.1 Å². The average Bonchev–Trinajstić information content (AvgIpc) is 2.46. The van der Waals surface area contributed by atoms with Crippen molar-refractivity contribution in [2.75, 3.05) is 5.32 Å². The lowest BCUT2D eigenvalue weighted by Crippen LogP contribution is -2.18. The van der Waals surface area contributed by atoms with Gasteiger partial charge in [0.2, 0.25) is 5.91 Å². The Labute approximate surface area is 76.8 Å². The monoisotopic (exact) mass is 179 g/mol. The van der Waals surface area contributed by atoms with Crippen molar-refractivity contribution in [1.82, 2.24) is 9.97 Å². The summed E-state index contributed by atoms with van der Waals surface area (Å²) in [6.45, 7) is 4.15. The average molecular weight is 179 g/mol. The number of H-pyrrole nitrogens is 1. The molecule has 0 saturated heterocycles. The molecule has 0 spiro atoms. The SMILES string of the molecule is CC(C)c1nc2c([nH]1)CCC(=O)N2. The fourth-order valence-corrected chi connectivity index (χ4v) is 1.42. The minimum absolute atomic E-state index is 0.0642. The van der Waals surface area contributed by atoms with Crippen molar-refractivity contribution >= 4 is 11.7 Å². The van der Waals surface area contributed by atoms with E-state index in [4.69, 9.17) is 0 Å². The first kappa shape index (κ1) is 8.29. The molecular formula is C9H13N3O. The number of rotatable bonds is 1. The van der Waals surface area contributed by atoms with Crippen LogP contribution in [0.3, 0.4) is 0 Å². The number of aryl methyl sites for hydroxylation is 1. The van der Waals surface area contributed by atoms with Gasteiger partial charge in [-0.3, -0.25) is 4.79 Å². The predicted octanol–water partition coefficient (Wildman–Crippen LogP) is 1.42. The molecule has 1 aromatic heterocycles. The van der Waals surface area contributed by atoms with E-state index in [9.17, 15) is 4.79 Å². The zero-order valence-corrected chi connectivity index (χ0v) is 7.85. The van der Waals surface area contributed by atoms with Crippen LogP contribution in [0.1, 0.15) is 37.7 Å². The van der Waals surface area contributed by atoms with E-state index >= 15 is 0 Å². The summed E-state index contributed by atoms with van der Waals surface area (Å²) in [5, 5.41) is 2.75. The van der Waals surface area contributed by atoms with Crippen LogP contribution in [-0.4, -0.2) is 15.9 Å². The van der Waals surface area contributed by atoms with Crippen LogP contribution < -0.4 is 5.32 Å². The van der Waals surface area contributed by atoms with Crippen LogP contribution in [-0.2, 0) is 11.2 Å². The van der Waals surface area contributed by atoms with Gasteiger partial charge in [-0.25, -0.2) is 4.98 Å². The molecule has 1 amide bonds. The number of aromatic nitrogens is 2. The van der Waals surface area contributed by atoms with Gasteiger partial charge in [-0.15, -0.1) is 0 Å². The number of imidazole rings is 1. The van der Waals surface area contributed by atoms with Crippen molar-refractivity contribution in [2.45, 2.75) is 32.6 Å². The van der Waals surface area contributed by atoms with Crippen LogP contribution in [0.4, 0.5) is 5.82 Å². The van der Waals surface area contributed by atoms with Crippen molar-refractivity contribution in [2.24, 2.45) is 0 Å². The molecule has 0 atom stereocenters. The number of aromatic amines is 1. The van der Waals surface area contributed by atoms with Gasteiger partial charge in [0, 0.05) is 12.3 Å². The van der Waals surface area contributed by atoms with Crippen molar-refractivity contribution < 1.29 is 4.79 Å².